The predicted molar refractivity (Wildman–Crippen MR) is 130 cm³/mol. The van der Waals surface area contributed by atoms with Crippen LogP contribution in [-0.4, -0.2) is 57.4 Å². The number of esters is 1. The lowest BCUT2D eigenvalue weighted by Gasteiger charge is -2.56. The molecule has 196 valence electrons. The van der Waals surface area contributed by atoms with Gasteiger partial charge in [0.25, 0.3) is 0 Å². The van der Waals surface area contributed by atoms with Crippen molar-refractivity contribution < 1.29 is 30.0 Å². The summed E-state index contributed by atoms with van der Waals surface area (Å²) < 4.78 is 5.86. The zero-order chi connectivity index (χ0) is 25.2. The molecular formula is C28H48O6. The normalized spacial score (nSPS) is 48.1. The summed E-state index contributed by atoms with van der Waals surface area (Å²) in [6.45, 7) is 13.2. The third kappa shape index (κ3) is 4.05. The molecule has 34 heavy (non-hydrogen) atoms. The van der Waals surface area contributed by atoms with Crippen molar-refractivity contribution in [1.82, 2.24) is 0 Å². The third-order valence-corrected chi connectivity index (χ3v) is 11.5. The van der Waals surface area contributed by atoms with Crippen LogP contribution in [0, 0.1) is 58.2 Å². The Morgan fingerprint density at radius 1 is 0.912 bits per heavy atom. The van der Waals surface area contributed by atoms with Gasteiger partial charge in [0.05, 0.1) is 36.9 Å². The van der Waals surface area contributed by atoms with Crippen LogP contribution in [-0.2, 0) is 9.53 Å². The molecule has 4 aliphatic rings. The van der Waals surface area contributed by atoms with Crippen molar-refractivity contribution in [1.29, 1.82) is 0 Å². The number of aliphatic hydroxyl groups is 4. The highest BCUT2D eigenvalue weighted by Gasteiger charge is 2.63. The van der Waals surface area contributed by atoms with Gasteiger partial charge in [-0.25, -0.2) is 0 Å². The average Bonchev–Trinajstić information content (AvgIpc) is 3.09. The molecular weight excluding hydrogens is 432 g/mol. The maximum atomic E-state index is 13.0. The molecule has 0 bridgehead atoms. The van der Waals surface area contributed by atoms with Gasteiger partial charge in [0, 0.05) is 0 Å². The van der Waals surface area contributed by atoms with Crippen molar-refractivity contribution in [3.05, 3.63) is 0 Å². The van der Waals surface area contributed by atoms with Crippen molar-refractivity contribution in [2.75, 3.05) is 6.61 Å². The fourth-order valence-electron chi connectivity index (χ4n) is 8.95. The van der Waals surface area contributed by atoms with Crippen LogP contribution in [0.3, 0.4) is 0 Å². The summed E-state index contributed by atoms with van der Waals surface area (Å²) in [5.74, 6) is 0.948. The molecule has 0 radical (unpaired) electrons. The summed E-state index contributed by atoms with van der Waals surface area (Å²) in [6, 6.07) is 0. The Hall–Kier alpha value is -0.690. The Kier molecular flexibility index (Phi) is 7.23. The number of rotatable bonds is 5. The summed E-state index contributed by atoms with van der Waals surface area (Å²) in [7, 11) is 0. The Morgan fingerprint density at radius 3 is 2.21 bits per heavy atom. The second-order valence-electron chi connectivity index (χ2n) is 13.3. The van der Waals surface area contributed by atoms with E-state index in [2.05, 4.69) is 34.6 Å². The van der Waals surface area contributed by atoms with Gasteiger partial charge >= 0.3 is 5.97 Å². The van der Waals surface area contributed by atoms with E-state index in [0.717, 1.165) is 25.7 Å². The number of carbonyl (C=O) groups excluding carboxylic acids is 1. The van der Waals surface area contributed by atoms with E-state index < -0.39 is 24.4 Å². The number of ether oxygens (including phenoxy) is 1. The average molecular weight is 481 g/mol. The molecule has 6 nitrogen and oxygen atoms in total. The first-order valence-corrected chi connectivity index (χ1v) is 13.7. The summed E-state index contributed by atoms with van der Waals surface area (Å²) >= 11 is 0. The van der Waals surface area contributed by atoms with Crippen molar-refractivity contribution in [2.24, 2.45) is 58.2 Å². The molecule has 0 aromatic rings. The van der Waals surface area contributed by atoms with Crippen molar-refractivity contribution in [3.63, 3.8) is 0 Å². The zero-order valence-corrected chi connectivity index (χ0v) is 22.0. The third-order valence-electron chi connectivity index (χ3n) is 11.5. The first kappa shape index (κ1) is 26.4. The fraction of sp³-hybridized carbons (Fsp3) is 0.964. The van der Waals surface area contributed by atoms with Gasteiger partial charge in [-0.15, -0.1) is 0 Å². The SMILES string of the molecule is CC(C)[C@H](C)[C@@H](O)[C@H](O)[C@@H](C)C1CC[C@H]2[C@@H]3COC(=O)[C@H]4C[C@H](O)[C@H](O)C[C@]4(C)[C@H]3CC[C@]12C. The van der Waals surface area contributed by atoms with E-state index >= 15 is 0 Å². The van der Waals surface area contributed by atoms with E-state index in [1.54, 1.807) is 0 Å². The first-order valence-electron chi connectivity index (χ1n) is 13.7. The number of fused-ring (bicyclic) bond motifs is 5. The van der Waals surface area contributed by atoms with Gasteiger partial charge in [0.1, 0.15) is 0 Å². The number of hydrogen-bond acceptors (Lipinski definition) is 6. The van der Waals surface area contributed by atoms with Gasteiger partial charge in [-0.1, -0.05) is 41.5 Å². The Labute approximate surface area is 205 Å². The molecule has 13 atom stereocenters. The molecule has 4 rings (SSSR count). The quantitative estimate of drug-likeness (QED) is 0.450. The van der Waals surface area contributed by atoms with Gasteiger partial charge in [-0.05, 0) is 90.8 Å². The fourth-order valence-corrected chi connectivity index (χ4v) is 8.95. The minimum absolute atomic E-state index is 0.00827. The van der Waals surface area contributed by atoms with E-state index in [9.17, 15) is 25.2 Å². The Bertz CT molecular complexity index is 755. The minimum Gasteiger partial charge on any atom is -0.465 e. The van der Waals surface area contributed by atoms with Crippen LogP contribution in [0.25, 0.3) is 0 Å². The van der Waals surface area contributed by atoms with Crippen LogP contribution >= 0.6 is 0 Å². The largest absolute Gasteiger partial charge is 0.465 e. The van der Waals surface area contributed by atoms with Crippen LogP contribution in [0.2, 0.25) is 0 Å². The van der Waals surface area contributed by atoms with Gasteiger partial charge in [-0.3, -0.25) is 4.79 Å². The molecule has 6 heteroatoms. The number of carbonyl (C=O) groups is 1. The van der Waals surface area contributed by atoms with Crippen molar-refractivity contribution >= 4 is 5.97 Å². The Balaban J connectivity index is 1.58. The van der Waals surface area contributed by atoms with E-state index in [1.165, 1.54) is 0 Å². The lowest BCUT2D eigenvalue weighted by atomic mass is 9.48. The highest BCUT2D eigenvalue weighted by Crippen LogP contribution is 2.66. The molecule has 1 heterocycles. The predicted octanol–water partition coefficient (Wildman–Crippen LogP) is 3.39. The maximum absolute atomic E-state index is 13.0. The summed E-state index contributed by atoms with van der Waals surface area (Å²) in [5.41, 5.74) is -0.345. The summed E-state index contributed by atoms with van der Waals surface area (Å²) in [6.07, 6.45) is 1.61. The highest BCUT2D eigenvalue weighted by molar-refractivity contribution is 5.74. The lowest BCUT2D eigenvalue weighted by molar-refractivity contribution is -0.162. The second kappa shape index (κ2) is 9.32. The van der Waals surface area contributed by atoms with Crippen LogP contribution in [0.4, 0.5) is 0 Å². The van der Waals surface area contributed by atoms with Crippen LogP contribution in [0.5, 0.6) is 0 Å². The topological polar surface area (TPSA) is 107 Å². The van der Waals surface area contributed by atoms with Gasteiger partial charge in [-0.2, -0.15) is 0 Å². The Morgan fingerprint density at radius 2 is 1.56 bits per heavy atom. The molecule has 4 N–H and O–H groups in total. The second-order valence-corrected chi connectivity index (χ2v) is 13.3. The van der Waals surface area contributed by atoms with Crippen molar-refractivity contribution in [3.8, 4) is 0 Å². The first-order chi connectivity index (χ1) is 15.8. The monoisotopic (exact) mass is 480 g/mol. The minimum atomic E-state index is -0.867. The van der Waals surface area contributed by atoms with Crippen LogP contribution in [0.15, 0.2) is 0 Å². The molecule has 0 amide bonds. The highest BCUT2D eigenvalue weighted by atomic mass is 16.5. The van der Waals surface area contributed by atoms with Gasteiger partial charge < -0.3 is 25.2 Å². The molecule has 0 spiro atoms. The van der Waals surface area contributed by atoms with E-state index in [0.29, 0.717) is 30.8 Å². The van der Waals surface area contributed by atoms with Crippen molar-refractivity contribution in [2.45, 2.75) is 104 Å². The molecule has 0 aromatic heterocycles. The molecule has 4 fully saturated rings. The lowest BCUT2D eigenvalue weighted by Crippen LogP contribution is -2.55. The van der Waals surface area contributed by atoms with E-state index in [1.807, 2.05) is 6.92 Å². The van der Waals surface area contributed by atoms with Crippen LogP contribution in [0.1, 0.15) is 80.1 Å². The van der Waals surface area contributed by atoms with E-state index in [-0.39, 0.29) is 52.8 Å². The zero-order valence-electron chi connectivity index (χ0n) is 22.0. The molecule has 1 saturated heterocycles. The molecule has 0 aromatic carbocycles. The maximum Gasteiger partial charge on any atom is 0.309 e. The number of aliphatic hydroxyl groups excluding tert-OH is 4. The number of hydrogen-bond donors (Lipinski definition) is 4. The van der Waals surface area contributed by atoms with Crippen LogP contribution < -0.4 is 0 Å². The summed E-state index contributed by atoms with van der Waals surface area (Å²) in [5, 5.41) is 42.9. The van der Waals surface area contributed by atoms with Gasteiger partial charge in [0.15, 0.2) is 0 Å². The number of cyclic esters (lactones) is 1. The smallest absolute Gasteiger partial charge is 0.309 e. The molecule has 1 unspecified atom stereocenters. The standard InChI is InChI=1S/C28H48O6/c1-14(2)15(3)24(31)25(32)16(4)18-7-8-19-17-13-34-26(33)21-11-22(29)23(30)12-28(21,6)20(17)9-10-27(18,19)5/h14-25,29-32H,7-13H2,1-6H3/t15-,16-,17-,18?,19-,20-,21+,22-,23+,24+,25+,27+,28+/m0/s1. The van der Waals surface area contributed by atoms with E-state index in [4.69, 9.17) is 4.74 Å². The molecule has 3 saturated carbocycles. The van der Waals surface area contributed by atoms with Gasteiger partial charge in [0.2, 0.25) is 0 Å². The molecule has 1 aliphatic heterocycles. The molecule has 3 aliphatic carbocycles. The summed E-state index contributed by atoms with van der Waals surface area (Å²) in [4.78, 5) is 13.0.